The van der Waals surface area contributed by atoms with Gasteiger partial charge in [-0.15, -0.1) is 24.0 Å². The largest absolute Gasteiger partial charge is 0.416 e. The minimum absolute atomic E-state index is 0. The second kappa shape index (κ2) is 11.8. The topological polar surface area (TPSA) is 65.0 Å². The van der Waals surface area contributed by atoms with Gasteiger partial charge in [-0.1, -0.05) is 12.1 Å². The fourth-order valence-corrected chi connectivity index (χ4v) is 3.24. The molecule has 0 amide bonds. The monoisotopic (exact) mass is 536 g/mol. The number of rotatable bonds is 8. The van der Waals surface area contributed by atoms with Crippen molar-refractivity contribution in [2.24, 2.45) is 4.99 Å². The molecule has 0 aliphatic rings. The zero-order valence-electron chi connectivity index (χ0n) is 16.5. The lowest BCUT2D eigenvalue weighted by molar-refractivity contribution is -0.137. The summed E-state index contributed by atoms with van der Waals surface area (Å²) < 4.78 is 62.5. The third kappa shape index (κ3) is 8.52. The summed E-state index contributed by atoms with van der Waals surface area (Å²) in [5, 5.41) is 3.12. The first kappa shape index (κ1) is 26.9. The Morgan fingerprint density at radius 3 is 2.21 bits per heavy atom. The van der Waals surface area contributed by atoms with E-state index in [1.807, 2.05) is 0 Å². The Kier molecular flexibility index (Phi) is 11.4. The van der Waals surface area contributed by atoms with Crippen LogP contribution in [0.2, 0.25) is 0 Å². The minimum atomic E-state index is -4.35. The van der Waals surface area contributed by atoms with Gasteiger partial charge in [-0.25, -0.2) is 12.7 Å². The van der Waals surface area contributed by atoms with Crippen LogP contribution in [0.15, 0.2) is 29.3 Å². The summed E-state index contributed by atoms with van der Waals surface area (Å²) in [7, 11) is 1.74. The normalized spacial score (nSPS) is 12.6. The van der Waals surface area contributed by atoms with Crippen molar-refractivity contribution in [1.29, 1.82) is 0 Å². The number of aliphatic imine (C=N–C) groups is 1. The fraction of sp³-hybridized carbons (Fsp3) is 0.588. The zero-order valence-corrected chi connectivity index (χ0v) is 19.6. The number of nitrogens with one attached hydrogen (secondary N) is 1. The number of alkyl halides is 3. The SMILES string of the molecule is CCS(=O)(=O)N(C)CCCNC(=NC)N(C)Cc1ccc(C(F)(F)F)cc1.I. The molecule has 0 unspecified atom stereocenters. The molecule has 0 spiro atoms. The summed E-state index contributed by atoms with van der Waals surface area (Å²) in [6.07, 6.45) is -3.75. The molecule has 0 heterocycles. The second-order valence-electron chi connectivity index (χ2n) is 6.10. The number of benzene rings is 1. The van der Waals surface area contributed by atoms with E-state index in [9.17, 15) is 21.6 Å². The molecule has 0 aliphatic carbocycles. The fourth-order valence-electron chi connectivity index (χ4n) is 2.39. The van der Waals surface area contributed by atoms with Gasteiger partial charge in [-0.05, 0) is 31.0 Å². The third-order valence-corrected chi connectivity index (χ3v) is 5.91. The number of hydrogen-bond donors (Lipinski definition) is 1. The van der Waals surface area contributed by atoms with E-state index in [1.54, 1.807) is 33.0 Å². The highest BCUT2D eigenvalue weighted by atomic mass is 127. The number of halogens is 4. The highest BCUT2D eigenvalue weighted by molar-refractivity contribution is 14.0. The van der Waals surface area contributed by atoms with E-state index in [1.165, 1.54) is 16.4 Å². The van der Waals surface area contributed by atoms with Crippen LogP contribution in [-0.4, -0.2) is 63.6 Å². The molecular weight excluding hydrogens is 508 g/mol. The number of guanidine groups is 1. The van der Waals surface area contributed by atoms with Gasteiger partial charge in [-0.2, -0.15) is 13.2 Å². The van der Waals surface area contributed by atoms with Crippen LogP contribution in [0.25, 0.3) is 0 Å². The van der Waals surface area contributed by atoms with E-state index in [2.05, 4.69) is 10.3 Å². The smallest absolute Gasteiger partial charge is 0.356 e. The van der Waals surface area contributed by atoms with E-state index < -0.39 is 21.8 Å². The lowest BCUT2D eigenvalue weighted by Crippen LogP contribution is -2.40. The van der Waals surface area contributed by atoms with Crippen LogP contribution in [-0.2, 0) is 22.7 Å². The van der Waals surface area contributed by atoms with Gasteiger partial charge in [0, 0.05) is 40.8 Å². The number of hydrogen-bond acceptors (Lipinski definition) is 3. The molecule has 11 heteroatoms. The van der Waals surface area contributed by atoms with Crippen LogP contribution in [0.3, 0.4) is 0 Å². The van der Waals surface area contributed by atoms with E-state index in [0.29, 0.717) is 32.0 Å². The van der Waals surface area contributed by atoms with Gasteiger partial charge in [-0.3, -0.25) is 4.99 Å². The van der Waals surface area contributed by atoms with Crippen LogP contribution < -0.4 is 5.32 Å². The van der Waals surface area contributed by atoms with Crippen LogP contribution in [0.4, 0.5) is 13.2 Å². The first-order chi connectivity index (χ1) is 12.5. The molecule has 0 fully saturated rings. The number of nitrogens with zero attached hydrogens (tertiary/aromatic N) is 3. The Morgan fingerprint density at radius 1 is 1.18 bits per heavy atom. The summed E-state index contributed by atoms with van der Waals surface area (Å²) in [6, 6.07) is 5.00. The van der Waals surface area contributed by atoms with Crippen molar-refractivity contribution >= 4 is 40.0 Å². The molecule has 1 aromatic rings. The third-order valence-electron chi connectivity index (χ3n) is 4.05. The molecule has 0 bridgehead atoms. The Balaban J connectivity index is 0.00000729. The predicted octanol–water partition coefficient (Wildman–Crippen LogP) is 3.00. The molecule has 0 saturated carbocycles. The van der Waals surface area contributed by atoms with E-state index in [4.69, 9.17) is 0 Å². The van der Waals surface area contributed by atoms with Crippen molar-refractivity contribution in [3.05, 3.63) is 35.4 Å². The summed E-state index contributed by atoms with van der Waals surface area (Å²) in [4.78, 5) is 5.93. The van der Waals surface area contributed by atoms with Gasteiger partial charge in [0.2, 0.25) is 10.0 Å². The molecule has 6 nitrogen and oxygen atoms in total. The molecular formula is C17H28F3IN4O2S. The molecule has 0 radical (unpaired) electrons. The quantitative estimate of drug-likeness (QED) is 0.240. The molecule has 0 saturated heterocycles. The predicted molar refractivity (Wildman–Crippen MR) is 116 cm³/mol. The van der Waals surface area contributed by atoms with Crippen LogP contribution in [0.1, 0.15) is 24.5 Å². The molecule has 1 N–H and O–H groups in total. The Labute approximate surface area is 182 Å². The maximum atomic E-state index is 12.6. The molecule has 1 rings (SSSR count). The van der Waals surface area contributed by atoms with Crippen LogP contribution >= 0.6 is 24.0 Å². The minimum Gasteiger partial charge on any atom is -0.356 e. The Bertz CT molecular complexity index is 725. The van der Waals surface area contributed by atoms with Crippen molar-refractivity contribution in [3.63, 3.8) is 0 Å². The Hall–Kier alpha value is -1.08. The Morgan fingerprint density at radius 2 is 1.75 bits per heavy atom. The zero-order chi connectivity index (χ0) is 20.7. The lowest BCUT2D eigenvalue weighted by atomic mass is 10.1. The second-order valence-corrected chi connectivity index (χ2v) is 8.46. The molecule has 0 aromatic heterocycles. The molecule has 0 atom stereocenters. The van der Waals surface area contributed by atoms with Gasteiger partial charge in [0.1, 0.15) is 0 Å². The van der Waals surface area contributed by atoms with Crippen molar-refractivity contribution in [1.82, 2.24) is 14.5 Å². The number of sulfonamides is 1. The van der Waals surface area contributed by atoms with Crippen molar-refractivity contribution in [2.75, 3.05) is 40.0 Å². The molecule has 162 valence electrons. The molecule has 1 aromatic carbocycles. The van der Waals surface area contributed by atoms with Gasteiger partial charge >= 0.3 is 6.18 Å². The maximum Gasteiger partial charge on any atom is 0.416 e. The van der Waals surface area contributed by atoms with Crippen LogP contribution in [0.5, 0.6) is 0 Å². The first-order valence-electron chi connectivity index (χ1n) is 8.53. The molecule has 0 aliphatic heterocycles. The van der Waals surface area contributed by atoms with Crippen molar-refractivity contribution in [2.45, 2.75) is 26.1 Å². The van der Waals surface area contributed by atoms with E-state index in [-0.39, 0.29) is 29.7 Å². The summed E-state index contributed by atoms with van der Waals surface area (Å²) in [6.45, 7) is 2.90. The van der Waals surface area contributed by atoms with Gasteiger partial charge in [0.15, 0.2) is 5.96 Å². The average Bonchev–Trinajstić information content (AvgIpc) is 2.61. The summed E-state index contributed by atoms with van der Waals surface area (Å²) in [5.74, 6) is 0.643. The standard InChI is InChI=1S/C17H27F3N4O2S.HI/c1-5-27(25,26)24(4)12-6-11-22-16(21-2)23(3)13-14-7-9-15(10-8-14)17(18,19)20;/h7-10H,5-6,11-13H2,1-4H3,(H,21,22);1H. The maximum absolute atomic E-state index is 12.6. The van der Waals surface area contributed by atoms with Crippen molar-refractivity contribution in [3.8, 4) is 0 Å². The summed E-state index contributed by atoms with van der Waals surface area (Å²) >= 11 is 0. The van der Waals surface area contributed by atoms with E-state index in [0.717, 1.165) is 17.7 Å². The highest BCUT2D eigenvalue weighted by Crippen LogP contribution is 2.29. The van der Waals surface area contributed by atoms with Crippen molar-refractivity contribution < 1.29 is 21.6 Å². The molecule has 28 heavy (non-hydrogen) atoms. The van der Waals surface area contributed by atoms with Gasteiger partial charge in [0.05, 0.1) is 11.3 Å². The summed E-state index contributed by atoms with van der Waals surface area (Å²) in [5.41, 5.74) is 0.0461. The average molecular weight is 536 g/mol. The van der Waals surface area contributed by atoms with Gasteiger partial charge < -0.3 is 10.2 Å². The lowest BCUT2D eigenvalue weighted by Gasteiger charge is -2.23. The van der Waals surface area contributed by atoms with Gasteiger partial charge in [0.25, 0.3) is 0 Å². The van der Waals surface area contributed by atoms with Crippen LogP contribution in [0, 0.1) is 0 Å². The first-order valence-corrected chi connectivity index (χ1v) is 10.1. The highest BCUT2D eigenvalue weighted by Gasteiger charge is 2.29. The van der Waals surface area contributed by atoms with E-state index >= 15 is 0 Å².